The molecular formula is C20H24F2N2O4S. The van der Waals surface area contributed by atoms with Crippen molar-refractivity contribution in [3.8, 4) is 5.75 Å². The third kappa shape index (κ3) is 4.91. The van der Waals surface area contributed by atoms with E-state index in [4.69, 9.17) is 4.74 Å². The number of anilines is 1. The van der Waals surface area contributed by atoms with Gasteiger partial charge in [-0.2, -0.15) is 13.1 Å². The van der Waals surface area contributed by atoms with E-state index in [1.165, 1.54) is 28.6 Å². The number of ether oxygens (including phenoxy) is 1. The zero-order chi connectivity index (χ0) is 21.7. The minimum absolute atomic E-state index is 0.100. The molecule has 2 rings (SSSR count). The Morgan fingerprint density at radius 2 is 1.69 bits per heavy atom. The summed E-state index contributed by atoms with van der Waals surface area (Å²) in [4.78, 5) is 12.2. The van der Waals surface area contributed by atoms with E-state index < -0.39 is 27.4 Å². The Bertz CT molecular complexity index is 946. The van der Waals surface area contributed by atoms with Crippen LogP contribution < -0.4 is 10.1 Å². The molecule has 0 aliphatic heterocycles. The summed E-state index contributed by atoms with van der Waals surface area (Å²) in [6.07, 6.45) is 0. The number of sulfonamides is 1. The number of rotatable bonds is 9. The van der Waals surface area contributed by atoms with Gasteiger partial charge in [-0.05, 0) is 25.1 Å². The van der Waals surface area contributed by atoms with E-state index in [1.54, 1.807) is 26.8 Å². The van der Waals surface area contributed by atoms with Crippen LogP contribution in [-0.4, -0.2) is 38.3 Å². The van der Waals surface area contributed by atoms with Gasteiger partial charge in [-0.25, -0.2) is 8.42 Å². The van der Waals surface area contributed by atoms with Gasteiger partial charge in [0.05, 0.1) is 17.2 Å². The monoisotopic (exact) mass is 426 g/mol. The number of hydrogen-bond acceptors (Lipinski definition) is 4. The summed E-state index contributed by atoms with van der Waals surface area (Å²) in [5, 5.41) is 2.12. The SMILES string of the molecule is CCOc1ccc(S(=O)(=O)N(CC)CC)cc1NC(=O)C(F)(F)c1ccccc1. The molecule has 1 amide bonds. The van der Waals surface area contributed by atoms with Crippen LogP contribution in [0.2, 0.25) is 0 Å². The molecule has 0 heterocycles. The van der Waals surface area contributed by atoms with Crippen LogP contribution in [-0.2, 0) is 20.7 Å². The molecule has 29 heavy (non-hydrogen) atoms. The summed E-state index contributed by atoms with van der Waals surface area (Å²) in [7, 11) is -3.84. The quantitative estimate of drug-likeness (QED) is 0.661. The second-order valence-corrected chi connectivity index (χ2v) is 8.01. The zero-order valence-corrected chi connectivity index (χ0v) is 17.3. The van der Waals surface area contributed by atoms with Crippen LogP contribution in [0, 0.1) is 0 Å². The van der Waals surface area contributed by atoms with Crippen molar-refractivity contribution >= 4 is 21.6 Å². The number of carbonyl (C=O) groups excluding carboxylic acids is 1. The molecule has 9 heteroatoms. The lowest BCUT2D eigenvalue weighted by atomic mass is 10.1. The number of nitrogens with zero attached hydrogens (tertiary/aromatic N) is 1. The van der Waals surface area contributed by atoms with Gasteiger partial charge < -0.3 is 10.1 Å². The van der Waals surface area contributed by atoms with Crippen LogP contribution in [0.5, 0.6) is 5.75 Å². The number of carbonyl (C=O) groups is 1. The van der Waals surface area contributed by atoms with E-state index in [0.717, 1.165) is 18.2 Å². The first kappa shape index (κ1) is 22.8. The smallest absolute Gasteiger partial charge is 0.350 e. The number of nitrogens with one attached hydrogen (secondary N) is 1. The van der Waals surface area contributed by atoms with Crippen molar-refractivity contribution < 1.29 is 26.7 Å². The predicted molar refractivity (Wildman–Crippen MR) is 107 cm³/mol. The van der Waals surface area contributed by atoms with Crippen LogP contribution in [0.15, 0.2) is 53.4 Å². The van der Waals surface area contributed by atoms with E-state index in [-0.39, 0.29) is 36.0 Å². The molecule has 0 spiro atoms. The zero-order valence-electron chi connectivity index (χ0n) is 16.5. The maximum atomic E-state index is 14.5. The second kappa shape index (κ2) is 9.32. The second-order valence-electron chi connectivity index (χ2n) is 6.07. The van der Waals surface area contributed by atoms with Gasteiger partial charge in [-0.1, -0.05) is 44.2 Å². The molecule has 0 radical (unpaired) electrons. The maximum Gasteiger partial charge on any atom is 0.350 e. The minimum Gasteiger partial charge on any atom is -0.492 e. The number of hydrogen-bond donors (Lipinski definition) is 1. The number of alkyl halides is 2. The topological polar surface area (TPSA) is 75.7 Å². The van der Waals surface area contributed by atoms with Gasteiger partial charge in [0.2, 0.25) is 10.0 Å². The molecule has 0 aliphatic rings. The Hall–Kier alpha value is -2.52. The molecular weight excluding hydrogens is 402 g/mol. The molecule has 0 fully saturated rings. The summed E-state index contributed by atoms with van der Waals surface area (Å²) in [5.74, 6) is -5.29. The van der Waals surface area contributed by atoms with Crippen molar-refractivity contribution in [3.05, 3.63) is 54.1 Å². The average molecular weight is 426 g/mol. The first-order valence-electron chi connectivity index (χ1n) is 9.20. The van der Waals surface area contributed by atoms with Crippen molar-refractivity contribution in [3.63, 3.8) is 0 Å². The lowest BCUT2D eigenvalue weighted by Crippen LogP contribution is -2.33. The minimum atomic E-state index is -3.84. The maximum absolute atomic E-state index is 14.5. The highest BCUT2D eigenvalue weighted by molar-refractivity contribution is 7.89. The van der Waals surface area contributed by atoms with Crippen LogP contribution in [0.25, 0.3) is 0 Å². The lowest BCUT2D eigenvalue weighted by molar-refractivity contribution is -0.140. The Morgan fingerprint density at radius 1 is 1.07 bits per heavy atom. The fraction of sp³-hybridized carbons (Fsp3) is 0.350. The van der Waals surface area contributed by atoms with Crippen LogP contribution in [0.1, 0.15) is 26.3 Å². The highest BCUT2D eigenvalue weighted by Gasteiger charge is 2.41. The van der Waals surface area contributed by atoms with Gasteiger partial charge in [-0.3, -0.25) is 4.79 Å². The van der Waals surface area contributed by atoms with Gasteiger partial charge in [0.15, 0.2) is 0 Å². The largest absolute Gasteiger partial charge is 0.492 e. The normalized spacial score (nSPS) is 12.1. The molecule has 158 valence electrons. The fourth-order valence-corrected chi connectivity index (χ4v) is 4.23. The van der Waals surface area contributed by atoms with E-state index in [9.17, 15) is 22.0 Å². The van der Waals surface area contributed by atoms with Crippen molar-refractivity contribution in [1.29, 1.82) is 0 Å². The first-order chi connectivity index (χ1) is 13.7. The molecule has 0 aliphatic carbocycles. The van der Waals surface area contributed by atoms with E-state index in [2.05, 4.69) is 5.32 Å². The Labute approximate surface area is 169 Å². The molecule has 1 N–H and O–H groups in total. The first-order valence-corrected chi connectivity index (χ1v) is 10.6. The molecule has 6 nitrogen and oxygen atoms in total. The summed E-state index contributed by atoms with van der Waals surface area (Å²) >= 11 is 0. The third-order valence-electron chi connectivity index (χ3n) is 4.26. The molecule has 0 saturated carbocycles. The number of amides is 1. The Balaban J connectivity index is 2.44. The van der Waals surface area contributed by atoms with Gasteiger partial charge in [0, 0.05) is 18.7 Å². The molecule has 0 aromatic heterocycles. The van der Waals surface area contributed by atoms with Crippen molar-refractivity contribution in [2.45, 2.75) is 31.6 Å². The van der Waals surface area contributed by atoms with E-state index >= 15 is 0 Å². The van der Waals surface area contributed by atoms with Crippen LogP contribution in [0.4, 0.5) is 14.5 Å². The highest BCUT2D eigenvalue weighted by Crippen LogP contribution is 2.33. The Kier molecular flexibility index (Phi) is 7.32. The molecule has 0 saturated heterocycles. The molecule has 0 atom stereocenters. The van der Waals surface area contributed by atoms with Crippen molar-refractivity contribution in [1.82, 2.24) is 4.31 Å². The summed E-state index contributed by atoms with van der Waals surface area (Å²) in [5.41, 5.74) is -0.608. The Morgan fingerprint density at radius 3 is 2.24 bits per heavy atom. The van der Waals surface area contributed by atoms with E-state index in [1.807, 2.05) is 0 Å². The lowest BCUT2D eigenvalue weighted by Gasteiger charge is -2.21. The van der Waals surface area contributed by atoms with Crippen molar-refractivity contribution in [2.24, 2.45) is 0 Å². The number of halogens is 2. The summed E-state index contributed by atoms with van der Waals surface area (Å²) < 4.78 is 61.2. The summed E-state index contributed by atoms with van der Waals surface area (Å²) in [6, 6.07) is 10.5. The number of benzene rings is 2. The van der Waals surface area contributed by atoms with Crippen LogP contribution in [0.3, 0.4) is 0 Å². The van der Waals surface area contributed by atoms with Gasteiger partial charge in [-0.15, -0.1) is 0 Å². The predicted octanol–water partition coefficient (Wildman–Crippen LogP) is 3.85. The molecule has 0 unspecified atom stereocenters. The molecule has 2 aromatic rings. The third-order valence-corrected chi connectivity index (χ3v) is 6.31. The van der Waals surface area contributed by atoms with Gasteiger partial charge in [0.25, 0.3) is 5.91 Å². The molecule has 0 bridgehead atoms. The van der Waals surface area contributed by atoms with E-state index in [0.29, 0.717) is 0 Å². The van der Waals surface area contributed by atoms with Gasteiger partial charge in [0.1, 0.15) is 5.75 Å². The van der Waals surface area contributed by atoms with Crippen molar-refractivity contribution in [2.75, 3.05) is 25.0 Å². The highest BCUT2D eigenvalue weighted by atomic mass is 32.2. The molecule has 2 aromatic carbocycles. The standard InChI is InChI=1S/C20H24F2N2O4S/c1-4-24(5-2)29(26,27)16-12-13-18(28-6-3)17(14-16)23-19(25)20(21,22)15-10-8-7-9-11-15/h7-14H,4-6H2,1-3H3,(H,23,25). The fourth-order valence-electron chi connectivity index (χ4n) is 2.74. The van der Waals surface area contributed by atoms with Crippen LogP contribution >= 0.6 is 0 Å². The van der Waals surface area contributed by atoms with Gasteiger partial charge >= 0.3 is 5.92 Å². The average Bonchev–Trinajstić information content (AvgIpc) is 2.70. The summed E-state index contributed by atoms with van der Waals surface area (Å²) in [6.45, 7) is 5.78.